The Balaban J connectivity index is 1.62. The van der Waals surface area contributed by atoms with E-state index in [9.17, 15) is 0 Å². The van der Waals surface area contributed by atoms with Crippen molar-refractivity contribution in [1.82, 2.24) is 14.5 Å². The van der Waals surface area contributed by atoms with Crippen LogP contribution in [-0.4, -0.2) is 14.5 Å². The first-order chi connectivity index (χ1) is 17.5. The summed E-state index contributed by atoms with van der Waals surface area (Å²) in [4.78, 5) is 9.71. The number of hydrogen-bond acceptors (Lipinski definition) is 3. The molecular weight excluding hydrogens is 442 g/mol. The first kappa shape index (κ1) is 20.9. The highest BCUT2D eigenvalue weighted by Gasteiger charge is 2.25. The second-order valence-electron chi connectivity index (χ2n) is 10.4. The molecule has 0 fully saturated rings. The molecule has 0 aliphatic carbocycles. The normalized spacial score (nSPS) is 12.3. The molecule has 4 heteroatoms. The van der Waals surface area contributed by atoms with E-state index in [1.807, 2.05) is 18.5 Å². The van der Waals surface area contributed by atoms with Crippen molar-refractivity contribution in [3.05, 3.63) is 103 Å². The Morgan fingerprint density at radius 1 is 0.694 bits per heavy atom. The van der Waals surface area contributed by atoms with Gasteiger partial charge in [-0.05, 0) is 35.1 Å². The monoisotopic (exact) mass is 467 g/mol. The van der Waals surface area contributed by atoms with Crippen molar-refractivity contribution in [3.8, 4) is 17.1 Å². The summed E-state index contributed by atoms with van der Waals surface area (Å²) in [5.74, 6) is 0.851. The van der Waals surface area contributed by atoms with E-state index >= 15 is 0 Å². The molecule has 174 valence electrons. The molecule has 0 N–H and O–H groups in total. The van der Waals surface area contributed by atoms with Gasteiger partial charge in [-0.2, -0.15) is 0 Å². The van der Waals surface area contributed by atoms with Gasteiger partial charge in [0.15, 0.2) is 0 Å². The molecule has 0 aliphatic rings. The Morgan fingerprint density at radius 3 is 2.28 bits per heavy atom. The van der Waals surface area contributed by atoms with Gasteiger partial charge in [-0.1, -0.05) is 81.4 Å². The maximum absolute atomic E-state index is 6.67. The lowest BCUT2D eigenvalue weighted by Crippen LogP contribution is -2.14. The van der Waals surface area contributed by atoms with E-state index in [2.05, 4.69) is 109 Å². The van der Waals surface area contributed by atoms with Gasteiger partial charge < -0.3 is 4.42 Å². The molecule has 0 atom stereocenters. The van der Waals surface area contributed by atoms with Gasteiger partial charge in [0.05, 0.1) is 17.3 Å². The summed E-state index contributed by atoms with van der Waals surface area (Å²) < 4.78 is 8.93. The highest BCUT2D eigenvalue weighted by Crippen LogP contribution is 2.41. The SMILES string of the molecule is CC(C)(C)c1cncc2nc(-c3cccc4c3oc3c5ccccc5ccc43)n(-c3ccccc3)c12. The molecule has 0 saturated heterocycles. The third kappa shape index (κ3) is 3.01. The smallest absolute Gasteiger partial charge is 0.149 e. The van der Waals surface area contributed by atoms with Crippen LogP contribution in [0.3, 0.4) is 0 Å². The number of para-hydroxylation sites is 2. The van der Waals surface area contributed by atoms with Crippen LogP contribution >= 0.6 is 0 Å². The van der Waals surface area contributed by atoms with E-state index in [0.717, 1.165) is 61.0 Å². The standard InChI is InChI=1S/C32H25N3O/c1-32(2,3)26-18-33-19-27-28(26)35(21-11-5-4-6-12-21)31(34-27)25-15-9-14-23-24-17-16-20-10-7-8-13-22(20)29(24)36-30(23)25/h4-19H,1-3H3. The molecule has 3 heterocycles. The Hall–Kier alpha value is -4.44. The van der Waals surface area contributed by atoms with Crippen LogP contribution in [0.5, 0.6) is 0 Å². The zero-order valence-electron chi connectivity index (χ0n) is 20.5. The predicted octanol–water partition coefficient (Wildman–Crippen LogP) is 8.44. The minimum absolute atomic E-state index is 0.0966. The maximum Gasteiger partial charge on any atom is 0.149 e. The van der Waals surface area contributed by atoms with Crippen molar-refractivity contribution in [2.45, 2.75) is 26.2 Å². The van der Waals surface area contributed by atoms with Crippen LogP contribution in [0.1, 0.15) is 26.3 Å². The van der Waals surface area contributed by atoms with Gasteiger partial charge in [0.1, 0.15) is 22.5 Å². The highest BCUT2D eigenvalue weighted by atomic mass is 16.3. The van der Waals surface area contributed by atoms with Gasteiger partial charge in [-0.15, -0.1) is 0 Å². The van der Waals surface area contributed by atoms with Crippen molar-refractivity contribution in [2.24, 2.45) is 0 Å². The van der Waals surface area contributed by atoms with Crippen LogP contribution in [0, 0.1) is 0 Å². The molecule has 0 amide bonds. The van der Waals surface area contributed by atoms with Gasteiger partial charge in [0.25, 0.3) is 0 Å². The van der Waals surface area contributed by atoms with Crippen molar-refractivity contribution in [1.29, 1.82) is 0 Å². The van der Waals surface area contributed by atoms with Crippen LogP contribution in [0.2, 0.25) is 0 Å². The van der Waals surface area contributed by atoms with Crippen molar-refractivity contribution < 1.29 is 4.42 Å². The van der Waals surface area contributed by atoms with Gasteiger partial charge in [0, 0.05) is 33.6 Å². The molecule has 7 aromatic rings. The first-order valence-electron chi connectivity index (χ1n) is 12.3. The lowest BCUT2D eigenvalue weighted by molar-refractivity contribution is 0.591. The topological polar surface area (TPSA) is 43.9 Å². The molecule has 0 radical (unpaired) electrons. The Bertz CT molecular complexity index is 1920. The lowest BCUT2D eigenvalue weighted by atomic mass is 9.87. The molecule has 3 aromatic heterocycles. The second-order valence-corrected chi connectivity index (χ2v) is 10.4. The summed E-state index contributed by atoms with van der Waals surface area (Å²) in [5, 5.41) is 4.50. The molecule has 0 unspecified atom stereocenters. The van der Waals surface area contributed by atoms with Crippen LogP contribution < -0.4 is 0 Å². The molecular formula is C32H25N3O. The fourth-order valence-electron chi connectivity index (χ4n) is 5.29. The van der Waals surface area contributed by atoms with E-state index in [0.29, 0.717) is 0 Å². The molecule has 36 heavy (non-hydrogen) atoms. The molecule has 4 aromatic carbocycles. The number of pyridine rings is 1. The number of imidazole rings is 1. The summed E-state index contributed by atoms with van der Waals surface area (Å²) in [5.41, 5.74) is 6.80. The number of nitrogens with zero attached hydrogens (tertiary/aromatic N) is 3. The van der Waals surface area contributed by atoms with Crippen molar-refractivity contribution in [3.63, 3.8) is 0 Å². The zero-order valence-corrected chi connectivity index (χ0v) is 20.5. The van der Waals surface area contributed by atoms with E-state index in [1.54, 1.807) is 0 Å². The maximum atomic E-state index is 6.67. The van der Waals surface area contributed by atoms with Gasteiger partial charge >= 0.3 is 0 Å². The summed E-state index contributed by atoms with van der Waals surface area (Å²) in [6.07, 6.45) is 3.83. The Morgan fingerprint density at radius 2 is 1.44 bits per heavy atom. The first-order valence-corrected chi connectivity index (χ1v) is 12.3. The minimum atomic E-state index is -0.0966. The lowest BCUT2D eigenvalue weighted by Gasteiger charge is -2.21. The zero-order chi connectivity index (χ0) is 24.4. The molecule has 0 spiro atoms. The second kappa shape index (κ2) is 7.53. The van der Waals surface area contributed by atoms with Gasteiger partial charge in [0.2, 0.25) is 0 Å². The summed E-state index contributed by atoms with van der Waals surface area (Å²) >= 11 is 0. The molecule has 4 nitrogen and oxygen atoms in total. The van der Waals surface area contributed by atoms with Crippen molar-refractivity contribution >= 4 is 43.7 Å². The average molecular weight is 468 g/mol. The molecule has 0 bridgehead atoms. The Labute approximate surface area is 208 Å². The van der Waals surface area contributed by atoms with E-state index in [-0.39, 0.29) is 5.41 Å². The molecule has 7 rings (SSSR count). The van der Waals surface area contributed by atoms with E-state index in [1.165, 1.54) is 5.39 Å². The summed E-state index contributed by atoms with van der Waals surface area (Å²) in [7, 11) is 0. The van der Waals surface area contributed by atoms with Gasteiger partial charge in [-0.3, -0.25) is 9.55 Å². The third-order valence-electron chi connectivity index (χ3n) is 7.01. The van der Waals surface area contributed by atoms with Crippen LogP contribution in [0.25, 0.3) is 60.8 Å². The predicted molar refractivity (Wildman–Crippen MR) is 148 cm³/mol. The third-order valence-corrected chi connectivity index (χ3v) is 7.01. The highest BCUT2D eigenvalue weighted by molar-refractivity contribution is 6.17. The van der Waals surface area contributed by atoms with E-state index < -0.39 is 0 Å². The number of fused-ring (bicyclic) bond motifs is 6. The van der Waals surface area contributed by atoms with Crippen LogP contribution in [0.4, 0.5) is 0 Å². The number of rotatable bonds is 2. The Kier molecular flexibility index (Phi) is 4.37. The van der Waals surface area contributed by atoms with E-state index in [4.69, 9.17) is 9.40 Å². The number of hydrogen-bond donors (Lipinski definition) is 0. The minimum Gasteiger partial charge on any atom is -0.455 e. The fraction of sp³-hybridized carbons (Fsp3) is 0.125. The molecule has 0 saturated carbocycles. The number of aromatic nitrogens is 3. The number of benzene rings is 4. The van der Waals surface area contributed by atoms with Crippen LogP contribution in [0.15, 0.2) is 102 Å². The summed E-state index contributed by atoms with van der Waals surface area (Å²) in [6, 6.07) is 29.5. The summed E-state index contributed by atoms with van der Waals surface area (Å²) in [6.45, 7) is 6.66. The largest absolute Gasteiger partial charge is 0.455 e. The van der Waals surface area contributed by atoms with Gasteiger partial charge in [-0.25, -0.2) is 4.98 Å². The molecule has 0 aliphatic heterocycles. The van der Waals surface area contributed by atoms with Crippen molar-refractivity contribution in [2.75, 3.05) is 0 Å². The average Bonchev–Trinajstić information content (AvgIpc) is 3.47. The quantitative estimate of drug-likeness (QED) is 0.256. The fourth-order valence-corrected chi connectivity index (χ4v) is 5.29. The van der Waals surface area contributed by atoms with Crippen LogP contribution in [-0.2, 0) is 5.41 Å². The number of furan rings is 1.